The Kier molecular flexibility index (Phi) is 4.79. The van der Waals surface area contributed by atoms with Crippen molar-refractivity contribution >= 4 is 28.3 Å². The summed E-state index contributed by atoms with van der Waals surface area (Å²) in [4.78, 5) is 37.7. The lowest BCUT2D eigenvalue weighted by atomic mass is 10.1. The largest absolute Gasteiger partial charge is 0.454 e. The number of carbonyl (C=O) groups excluding carboxylic acids is 2. The van der Waals surface area contributed by atoms with Crippen LogP contribution < -0.4 is 0 Å². The van der Waals surface area contributed by atoms with Crippen molar-refractivity contribution < 1.29 is 19.2 Å². The van der Waals surface area contributed by atoms with E-state index in [2.05, 4.69) is 4.98 Å². The maximum Gasteiger partial charge on any atom is 0.338 e. The number of aromatic amines is 1. The van der Waals surface area contributed by atoms with Gasteiger partial charge in [0, 0.05) is 34.8 Å². The molecule has 3 rings (SSSR count). The van der Waals surface area contributed by atoms with Gasteiger partial charge in [-0.2, -0.15) is 0 Å². The zero-order chi connectivity index (χ0) is 18.7. The zero-order valence-corrected chi connectivity index (χ0v) is 14.0. The van der Waals surface area contributed by atoms with E-state index >= 15 is 0 Å². The van der Waals surface area contributed by atoms with Gasteiger partial charge in [-0.1, -0.05) is 31.2 Å². The Hall–Kier alpha value is -3.48. The molecule has 0 fully saturated rings. The molecule has 1 N–H and O–H groups in total. The third-order valence-corrected chi connectivity index (χ3v) is 4.11. The fourth-order valence-electron chi connectivity index (χ4n) is 2.78. The quantitative estimate of drug-likeness (QED) is 0.315. The molecule has 0 atom stereocenters. The molecule has 3 aromatic rings. The molecule has 0 bridgehead atoms. The smallest absolute Gasteiger partial charge is 0.338 e. The summed E-state index contributed by atoms with van der Waals surface area (Å²) in [6.07, 6.45) is 2.43. The van der Waals surface area contributed by atoms with Crippen LogP contribution in [0.1, 0.15) is 33.2 Å². The lowest BCUT2D eigenvalue weighted by Crippen LogP contribution is -2.14. The van der Waals surface area contributed by atoms with Crippen molar-refractivity contribution in [3.8, 4) is 0 Å². The van der Waals surface area contributed by atoms with Crippen molar-refractivity contribution in [2.75, 3.05) is 6.61 Å². The zero-order valence-electron chi connectivity index (χ0n) is 14.0. The van der Waals surface area contributed by atoms with Crippen LogP contribution in [-0.2, 0) is 11.2 Å². The summed E-state index contributed by atoms with van der Waals surface area (Å²) in [6, 6.07) is 10.9. The number of hydrogen-bond donors (Lipinski definition) is 1. The topological polar surface area (TPSA) is 102 Å². The number of non-ortho nitro benzene ring substituents is 1. The van der Waals surface area contributed by atoms with E-state index in [1.54, 1.807) is 6.20 Å². The molecule has 132 valence electrons. The number of hydrogen-bond acceptors (Lipinski definition) is 5. The van der Waals surface area contributed by atoms with Crippen LogP contribution in [0, 0.1) is 10.1 Å². The number of ether oxygens (including phenoxy) is 1. The van der Waals surface area contributed by atoms with Crippen LogP contribution in [0.3, 0.4) is 0 Å². The minimum atomic E-state index is -0.781. The minimum Gasteiger partial charge on any atom is -0.454 e. The van der Waals surface area contributed by atoms with Crippen LogP contribution in [0.5, 0.6) is 0 Å². The van der Waals surface area contributed by atoms with Crippen molar-refractivity contribution in [1.29, 1.82) is 0 Å². The summed E-state index contributed by atoms with van der Waals surface area (Å²) in [5, 5.41) is 11.5. The van der Waals surface area contributed by atoms with Gasteiger partial charge < -0.3 is 9.72 Å². The first kappa shape index (κ1) is 17.3. The van der Waals surface area contributed by atoms with Gasteiger partial charge in [0.25, 0.3) is 5.69 Å². The molecule has 7 nitrogen and oxygen atoms in total. The van der Waals surface area contributed by atoms with E-state index in [1.807, 2.05) is 25.1 Å². The lowest BCUT2D eigenvalue weighted by Gasteiger charge is -2.04. The number of nitrogens with zero attached hydrogens (tertiary/aromatic N) is 1. The van der Waals surface area contributed by atoms with Gasteiger partial charge in [0.1, 0.15) is 0 Å². The third kappa shape index (κ3) is 3.32. The number of Topliss-reactive ketones (excluding diaryl/α,β-unsaturated/α-hetero) is 1. The fourth-order valence-corrected chi connectivity index (χ4v) is 2.78. The predicted octanol–water partition coefficient (Wildman–Crippen LogP) is 3.68. The van der Waals surface area contributed by atoms with Crippen LogP contribution in [0.15, 0.2) is 48.7 Å². The van der Waals surface area contributed by atoms with Crippen molar-refractivity contribution in [2.45, 2.75) is 13.3 Å². The SMILES string of the molecule is CCc1cccc2c(C(=O)COC(=O)c3cccc([N+](=O)[O-])c3)c[nH]c12. The molecule has 0 spiro atoms. The van der Waals surface area contributed by atoms with Crippen molar-refractivity contribution in [2.24, 2.45) is 0 Å². The highest BCUT2D eigenvalue weighted by atomic mass is 16.6. The molecule has 0 aliphatic rings. The van der Waals surface area contributed by atoms with E-state index < -0.39 is 17.5 Å². The molecule has 0 aliphatic carbocycles. The monoisotopic (exact) mass is 352 g/mol. The minimum absolute atomic E-state index is 0.0270. The number of esters is 1. The second kappa shape index (κ2) is 7.18. The fraction of sp³-hybridized carbons (Fsp3) is 0.158. The van der Waals surface area contributed by atoms with Gasteiger partial charge in [0.2, 0.25) is 5.78 Å². The maximum atomic E-state index is 12.4. The Labute approximate surface area is 148 Å². The molecule has 0 saturated carbocycles. The number of rotatable bonds is 6. The number of nitro benzene ring substituents is 1. The predicted molar refractivity (Wildman–Crippen MR) is 95.4 cm³/mol. The number of nitro groups is 1. The van der Waals surface area contributed by atoms with Crippen molar-refractivity contribution in [3.63, 3.8) is 0 Å². The number of aryl methyl sites for hydroxylation is 1. The van der Waals surface area contributed by atoms with Gasteiger partial charge in [-0.3, -0.25) is 14.9 Å². The Balaban J connectivity index is 1.74. The van der Waals surface area contributed by atoms with E-state index in [4.69, 9.17) is 4.74 Å². The standard InChI is InChI=1S/C19H16N2O5/c1-2-12-5-4-8-15-16(10-20-18(12)15)17(22)11-26-19(23)13-6-3-7-14(9-13)21(24)25/h3-10,20H,2,11H2,1H3. The molecular formula is C19H16N2O5. The maximum absolute atomic E-state index is 12.4. The summed E-state index contributed by atoms with van der Waals surface area (Å²) in [5.41, 5.74) is 2.24. The summed E-state index contributed by atoms with van der Waals surface area (Å²) in [6.45, 7) is 1.59. The lowest BCUT2D eigenvalue weighted by molar-refractivity contribution is -0.384. The van der Waals surface area contributed by atoms with Crippen LogP contribution in [-0.4, -0.2) is 28.3 Å². The van der Waals surface area contributed by atoms with E-state index in [0.717, 1.165) is 29.0 Å². The van der Waals surface area contributed by atoms with Gasteiger partial charge in [-0.15, -0.1) is 0 Å². The first-order valence-corrected chi connectivity index (χ1v) is 8.05. The molecule has 7 heteroatoms. The number of carbonyl (C=O) groups is 2. The van der Waals surface area contributed by atoms with Crippen LogP contribution >= 0.6 is 0 Å². The summed E-state index contributed by atoms with van der Waals surface area (Å²) >= 11 is 0. The van der Waals surface area contributed by atoms with Gasteiger partial charge in [0.15, 0.2) is 6.61 Å². The normalized spacial score (nSPS) is 10.7. The first-order chi connectivity index (χ1) is 12.5. The van der Waals surface area contributed by atoms with Gasteiger partial charge in [-0.05, 0) is 18.1 Å². The molecule has 1 aromatic heterocycles. The molecule has 26 heavy (non-hydrogen) atoms. The number of nitrogens with one attached hydrogen (secondary N) is 1. The van der Waals surface area contributed by atoms with Gasteiger partial charge >= 0.3 is 5.97 Å². The molecule has 0 radical (unpaired) electrons. The Morgan fingerprint density at radius 3 is 2.69 bits per heavy atom. The molecule has 0 saturated heterocycles. The number of ketones is 1. The number of H-pyrrole nitrogens is 1. The second-order valence-corrected chi connectivity index (χ2v) is 5.70. The number of para-hydroxylation sites is 1. The highest BCUT2D eigenvalue weighted by Gasteiger charge is 2.17. The molecule has 0 aliphatic heterocycles. The molecule has 0 amide bonds. The molecular weight excluding hydrogens is 336 g/mol. The Bertz CT molecular complexity index is 1010. The van der Waals surface area contributed by atoms with Crippen molar-refractivity contribution in [3.05, 3.63) is 75.5 Å². The molecule has 2 aromatic carbocycles. The summed E-state index contributed by atoms with van der Waals surface area (Å²) in [7, 11) is 0. The third-order valence-electron chi connectivity index (χ3n) is 4.11. The summed E-state index contributed by atoms with van der Waals surface area (Å²) < 4.78 is 5.03. The van der Waals surface area contributed by atoms with Crippen LogP contribution in [0.2, 0.25) is 0 Å². The highest BCUT2D eigenvalue weighted by molar-refractivity contribution is 6.09. The van der Waals surface area contributed by atoms with Crippen molar-refractivity contribution in [1.82, 2.24) is 4.98 Å². The van der Waals surface area contributed by atoms with E-state index in [-0.39, 0.29) is 17.0 Å². The van der Waals surface area contributed by atoms with Gasteiger partial charge in [0.05, 0.1) is 10.5 Å². The number of aromatic nitrogens is 1. The van der Waals surface area contributed by atoms with E-state index in [9.17, 15) is 19.7 Å². The Morgan fingerprint density at radius 1 is 1.19 bits per heavy atom. The number of fused-ring (bicyclic) bond motifs is 1. The second-order valence-electron chi connectivity index (χ2n) is 5.70. The average molecular weight is 352 g/mol. The summed E-state index contributed by atoms with van der Waals surface area (Å²) in [5.74, 6) is -1.13. The van der Waals surface area contributed by atoms with Crippen LogP contribution in [0.25, 0.3) is 10.9 Å². The van der Waals surface area contributed by atoms with Crippen LogP contribution in [0.4, 0.5) is 5.69 Å². The van der Waals surface area contributed by atoms with Gasteiger partial charge in [-0.25, -0.2) is 4.79 Å². The van der Waals surface area contributed by atoms with E-state index in [1.165, 1.54) is 18.2 Å². The number of benzene rings is 2. The average Bonchev–Trinajstić information content (AvgIpc) is 3.10. The first-order valence-electron chi connectivity index (χ1n) is 8.05. The molecule has 0 unspecified atom stereocenters. The molecule has 1 heterocycles. The Morgan fingerprint density at radius 2 is 1.96 bits per heavy atom. The highest BCUT2D eigenvalue weighted by Crippen LogP contribution is 2.23. The van der Waals surface area contributed by atoms with E-state index in [0.29, 0.717) is 5.56 Å².